The molecule has 0 aliphatic heterocycles. The first kappa shape index (κ1) is 38.6. The van der Waals surface area contributed by atoms with Gasteiger partial charge in [-0.25, -0.2) is 0 Å². The maximum absolute atomic E-state index is 11.8. The van der Waals surface area contributed by atoms with E-state index in [1.807, 2.05) is 97.1 Å². The molecule has 0 radical (unpaired) electrons. The Labute approximate surface area is 304 Å². The molecule has 2 atom stereocenters. The number of benzene rings is 4. The molecule has 0 spiro atoms. The highest BCUT2D eigenvalue weighted by Gasteiger charge is 2.29. The van der Waals surface area contributed by atoms with Crippen LogP contribution in [-0.2, 0) is 32.3 Å². The van der Waals surface area contributed by atoms with Crippen LogP contribution in [0.2, 0.25) is 0 Å². The molecule has 12 heteroatoms. The highest BCUT2D eigenvalue weighted by molar-refractivity contribution is 6.67. The van der Waals surface area contributed by atoms with Gasteiger partial charge in [-0.1, -0.05) is 95.5 Å². The molecule has 0 amide bonds. The van der Waals surface area contributed by atoms with Gasteiger partial charge in [0.1, 0.15) is 47.0 Å². The lowest BCUT2D eigenvalue weighted by atomic mass is 10.2. The van der Waals surface area contributed by atoms with Crippen molar-refractivity contribution in [1.29, 1.82) is 0 Å². The zero-order chi connectivity index (χ0) is 34.1. The van der Waals surface area contributed by atoms with Gasteiger partial charge >= 0.3 is 11.9 Å². The van der Waals surface area contributed by atoms with E-state index < -0.39 is 26.5 Å². The number of carbonyl (C=O) groups is 2. The van der Waals surface area contributed by atoms with Crippen LogP contribution in [0.5, 0.6) is 23.0 Å². The van der Waals surface area contributed by atoms with Crippen molar-refractivity contribution >= 4 is 81.5 Å². The molecule has 2 unspecified atom stereocenters. The molecule has 0 saturated heterocycles. The minimum atomic E-state index is -1.60. The Kier molecular flexibility index (Phi) is 16.8. The number of alkyl halides is 6. The van der Waals surface area contributed by atoms with E-state index >= 15 is 0 Å². The van der Waals surface area contributed by atoms with E-state index in [0.29, 0.717) is 30.2 Å². The summed E-state index contributed by atoms with van der Waals surface area (Å²) in [6.07, 6.45) is 1.07. The highest BCUT2D eigenvalue weighted by Crippen LogP contribution is 2.33. The fourth-order valence-corrected chi connectivity index (χ4v) is 5.16. The third-order valence-electron chi connectivity index (χ3n) is 6.03. The molecule has 0 bridgehead atoms. The molecule has 47 heavy (non-hydrogen) atoms. The van der Waals surface area contributed by atoms with Gasteiger partial charge in [-0.05, 0) is 72.5 Å². The second kappa shape index (κ2) is 20.5. The fraction of sp³-hybridized carbons (Fsp3) is 0.257. The zero-order valence-corrected chi connectivity index (χ0v) is 29.5. The molecular weight excluding hydrogens is 729 g/mol. The maximum atomic E-state index is 11.8. The summed E-state index contributed by atoms with van der Waals surface area (Å²) < 4.78 is 20.2. The monoisotopic (exact) mass is 758 g/mol. The summed E-state index contributed by atoms with van der Waals surface area (Å²) in [5, 5.41) is -1.68. The van der Waals surface area contributed by atoms with E-state index in [1.54, 1.807) is 12.1 Å². The summed E-state index contributed by atoms with van der Waals surface area (Å²) in [5.74, 6) is 2.21. The lowest BCUT2D eigenvalue weighted by Crippen LogP contribution is -2.23. The molecular formula is C35H32Cl6O6. The number of ether oxygens (including phenoxy) is 4. The second-order valence-corrected chi connectivity index (χ2v) is 13.9. The summed E-state index contributed by atoms with van der Waals surface area (Å²) >= 11 is 34.2. The van der Waals surface area contributed by atoms with Gasteiger partial charge < -0.3 is 18.9 Å². The Morgan fingerprint density at radius 2 is 1.02 bits per heavy atom. The quantitative estimate of drug-likeness (QED) is 0.0941. The van der Waals surface area contributed by atoms with Crippen molar-refractivity contribution in [3.05, 3.63) is 120 Å². The predicted octanol–water partition coefficient (Wildman–Crippen LogP) is 11.0. The Morgan fingerprint density at radius 3 is 1.45 bits per heavy atom. The number of rotatable bonds is 14. The van der Waals surface area contributed by atoms with Crippen LogP contribution in [0.1, 0.15) is 30.4 Å². The Morgan fingerprint density at radius 1 is 0.596 bits per heavy atom. The summed E-state index contributed by atoms with van der Waals surface area (Å²) in [6.45, 7) is 0.211. The number of para-hydroxylation sites is 2. The summed E-state index contributed by atoms with van der Waals surface area (Å²) in [6, 6.07) is 33.5. The molecule has 6 nitrogen and oxygen atoms in total. The Balaban J connectivity index is 0.000000256. The van der Waals surface area contributed by atoms with Gasteiger partial charge in [-0.2, -0.15) is 0 Å². The first-order valence-electron chi connectivity index (χ1n) is 14.4. The van der Waals surface area contributed by atoms with Gasteiger partial charge in [0.2, 0.25) is 0 Å². The van der Waals surface area contributed by atoms with Gasteiger partial charge in [0.15, 0.2) is 3.79 Å². The molecule has 0 heterocycles. The van der Waals surface area contributed by atoms with Gasteiger partial charge in [0.05, 0.1) is 0 Å². The molecule has 4 aromatic carbocycles. The lowest BCUT2D eigenvalue weighted by molar-refractivity contribution is -0.145. The molecule has 0 aliphatic rings. The Bertz CT molecular complexity index is 1520. The largest absolute Gasteiger partial charge is 0.460 e. The van der Waals surface area contributed by atoms with Crippen LogP contribution in [-0.4, -0.2) is 32.4 Å². The Hall–Kier alpha value is -2.84. The maximum Gasteiger partial charge on any atom is 0.324 e. The molecule has 0 aliphatic carbocycles. The molecule has 4 aromatic rings. The van der Waals surface area contributed by atoms with Crippen molar-refractivity contribution in [2.45, 2.75) is 47.0 Å². The van der Waals surface area contributed by atoms with Crippen LogP contribution in [0.15, 0.2) is 109 Å². The van der Waals surface area contributed by atoms with Crippen molar-refractivity contribution in [2.24, 2.45) is 0 Å². The van der Waals surface area contributed by atoms with Crippen LogP contribution >= 0.6 is 69.6 Å². The van der Waals surface area contributed by atoms with E-state index in [1.165, 1.54) is 0 Å². The number of carbonyl (C=O) groups excluding carboxylic acids is 2. The zero-order valence-electron chi connectivity index (χ0n) is 25.0. The van der Waals surface area contributed by atoms with Crippen LogP contribution in [0, 0.1) is 0 Å². The van der Waals surface area contributed by atoms with Crippen LogP contribution in [0.25, 0.3) is 0 Å². The van der Waals surface area contributed by atoms with Crippen molar-refractivity contribution < 1.29 is 28.5 Å². The standard InChI is InChI=1S/C18H18Cl2O3.C17H14Cl4O3/c19-11-5-10-17(20)18(21)22-13-14-6-4-9-16(12-14)23-15-7-2-1-3-8-15;18-15(10-17(19,20)21)16(22)23-11-12-5-4-8-14(9-12)24-13-6-2-1-3-7-13/h1-4,6-9,12,17H,5,10-11,13H2;1-9,15H,10-11H2. The highest BCUT2D eigenvalue weighted by atomic mass is 35.6. The van der Waals surface area contributed by atoms with E-state index in [9.17, 15) is 9.59 Å². The van der Waals surface area contributed by atoms with Crippen molar-refractivity contribution in [2.75, 3.05) is 5.88 Å². The van der Waals surface area contributed by atoms with Gasteiger partial charge in [0, 0.05) is 12.3 Å². The van der Waals surface area contributed by atoms with Crippen molar-refractivity contribution in [1.82, 2.24) is 0 Å². The molecule has 0 fully saturated rings. The number of halogens is 6. The van der Waals surface area contributed by atoms with Gasteiger partial charge in [0.25, 0.3) is 0 Å². The third kappa shape index (κ3) is 15.7. The van der Waals surface area contributed by atoms with Gasteiger partial charge in [-0.15, -0.1) is 34.8 Å². The molecule has 0 N–H and O–H groups in total. The van der Waals surface area contributed by atoms with Crippen LogP contribution in [0.3, 0.4) is 0 Å². The van der Waals surface area contributed by atoms with E-state index in [0.717, 1.165) is 22.6 Å². The van der Waals surface area contributed by atoms with E-state index in [2.05, 4.69) is 0 Å². The first-order valence-corrected chi connectivity index (χ1v) is 16.9. The summed E-state index contributed by atoms with van der Waals surface area (Å²) in [4.78, 5) is 23.6. The fourth-order valence-electron chi connectivity index (χ4n) is 3.80. The number of esters is 2. The predicted molar refractivity (Wildman–Crippen MR) is 190 cm³/mol. The molecule has 0 saturated carbocycles. The topological polar surface area (TPSA) is 71.1 Å². The smallest absolute Gasteiger partial charge is 0.324 e. The summed E-state index contributed by atoms with van der Waals surface area (Å²) in [7, 11) is 0. The molecule has 4 rings (SSSR count). The van der Waals surface area contributed by atoms with Crippen LogP contribution in [0.4, 0.5) is 0 Å². The van der Waals surface area contributed by atoms with E-state index in [-0.39, 0.29) is 19.6 Å². The minimum Gasteiger partial charge on any atom is -0.460 e. The summed E-state index contributed by atoms with van der Waals surface area (Å²) in [5.41, 5.74) is 1.60. The van der Waals surface area contributed by atoms with Gasteiger partial charge in [-0.3, -0.25) is 9.59 Å². The number of hydrogen-bond acceptors (Lipinski definition) is 6. The molecule has 250 valence electrons. The first-order chi connectivity index (χ1) is 22.5. The van der Waals surface area contributed by atoms with E-state index in [4.69, 9.17) is 88.6 Å². The van der Waals surface area contributed by atoms with Crippen LogP contribution < -0.4 is 9.47 Å². The average Bonchev–Trinajstić information content (AvgIpc) is 3.06. The third-order valence-corrected chi connectivity index (χ3v) is 7.49. The van der Waals surface area contributed by atoms with Crippen molar-refractivity contribution in [3.63, 3.8) is 0 Å². The average molecular weight is 761 g/mol. The minimum absolute atomic E-state index is 0.0495. The second-order valence-electron chi connectivity index (χ2n) is 9.93. The SMILES string of the molecule is O=C(OCc1cccc(Oc2ccccc2)c1)C(Cl)CC(Cl)(Cl)Cl.O=C(OCc1cccc(Oc2ccccc2)c1)C(Cl)CCCCl. The lowest BCUT2D eigenvalue weighted by Gasteiger charge is -2.15. The molecule has 0 aromatic heterocycles. The van der Waals surface area contributed by atoms with Crippen molar-refractivity contribution in [3.8, 4) is 23.0 Å². The normalized spacial score (nSPS) is 12.1. The number of hydrogen-bond donors (Lipinski definition) is 0.